The van der Waals surface area contributed by atoms with Crippen molar-refractivity contribution in [3.63, 3.8) is 0 Å². The summed E-state index contributed by atoms with van der Waals surface area (Å²) in [6.45, 7) is 6.43. The third-order valence-corrected chi connectivity index (χ3v) is 2.37. The van der Waals surface area contributed by atoms with E-state index in [1.54, 1.807) is 18.0 Å². The number of nitrogens with zero attached hydrogens (tertiary/aromatic N) is 2. The molecule has 0 spiro atoms. The second kappa shape index (κ2) is 3.80. The van der Waals surface area contributed by atoms with Crippen LogP contribution < -0.4 is 0 Å². The molecule has 0 aliphatic rings. The fraction of sp³-hybridized carbons (Fsp3) is 0.400. The lowest BCUT2D eigenvalue weighted by atomic mass is 10.3. The molecule has 1 rings (SSSR count). The molecule has 1 heterocycles. The first kappa shape index (κ1) is 10.1. The first-order valence-corrected chi connectivity index (χ1v) is 4.88. The summed E-state index contributed by atoms with van der Waals surface area (Å²) in [7, 11) is 0. The lowest BCUT2D eigenvalue weighted by Crippen LogP contribution is -2.06. The highest BCUT2D eigenvalue weighted by molar-refractivity contribution is 8.00. The maximum atomic E-state index is 8.64. The van der Waals surface area contributed by atoms with Gasteiger partial charge in [0, 0.05) is 15.8 Å². The molecule has 0 amide bonds. The van der Waals surface area contributed by atoms with Gasteiger partial charge in [0.05, 0.1) is 0 Å². The van der Waals surface area contributed by atoms with Crippen LogP contribution >= 0.6 is 11.8 Å². The van der Waals surface area contributed by atoms with Crippen LogP contribution in [0.25, 0.3) is 0 Å². The predicted octanol–water partition coefficient (Wildman–Crippen LogP) is 2.84. The van der Waals surface area contributed by atoms with Gasteiger partial charge in [-0.2, -0.15) is 5.26 Å². The zero-order chi connectivity index (χ0) is 9.90. The maximum Gasteiger partial charge on any atom is 0.141 e. The molecule has 0 N–H and O–H groups in total. The zero-order valence-corrected chi connectivity index (χ0v) is 8.85. The van der Waals surface area contributed by atoms with Crippen LogP contribution in [0.4, 0.5) is 0 Å². The minimum Gasteiger partial charge on any atom is -0.245 e. The zero-order valence-electron chi connectivity index (χ0n) is 8.03. The number of thioether (sulfide) groups is 1. The molecular formula is C10H12N2S. The third-order valence-electron chi connectivity index (χ3n) is 1.27. The highest BCUT2D eigenvalue weighted by Gasteiger charge is 2.12. The van der Waals surface area contributed by atoms with E-state index in [4.69, 9.17) is 5.26 Å². The Morgan fingerprint density at radius 3 is 2.69 bits per heavy atom. The van der Waals surface area contributed by atoms with Crippen molar-refractivity contribution in [1.82, 2.24) is 4.98 Å². The Morgan fingerprint density at radius 2 is 2.15 bits per heavy atom. The molecule has 2 nitrogen and oxygen atoms in total. The first-order chi connectivity index (χ1) is 6.01. The molecule has 1 aromatic rings. The second-order valence-electron chi connectivity index (χ2n) is 3.70. The predicted molar refractivity (Wildman–Crippen MR) is 54.6 cm³/mol. The van der Waals surface area contributed by atoms with E-state index in [-0.39, 0.29) is 4.75 Å². The van der Waals surface area contributed by atoms with Crippen molar-refractivity contribution in [2.24, 2.45) is 0 Å². The van der Waals surface area contributed by atoms with E-state index < -0.39 is 0 Å². The van der Waals surface area contributed by atoms with Crippen LogP contribution in [0.1, 0.15) is 26.5 Å². The van der Waals surface area contributed by atoms with Gasteiger partial charge in [-0.1, -0.05) is 20.8 Å². The number of rotatable bonds is 1. The van der Waals surface area contributed by atoms with E-state index in [2.05, 4.69) is 25.8 Å². The van der Waals surface area contributed by atoms with Gasteiger partial charge in [0.2, 0.25) is 0 Å². The molecule has 0 unspecified atom stereocenters. The van der Waals surface area contributed by atoms with Gasteiger partial charge in [-0.3, -0.25) is 0 Å². The monoisotopic (exact) mass is 192 g/mol. The number of nitriles is 1. The summed E-state index contributed by atoms with van der Waals surface area (Å²) in [6.07, 6.45) is 1.67. The van der Waals surface area contributed by atoms with E-state index in [0.717, 1.165) is 4.90 Å². The molecule has 1 aromatic heterocycles. The Hall–Kier alpha value is -1.01. The standard InChI is InChI=1S/C10H12N2S/c1-10(2,3)13-9-4-5-12-8(6-9)7-11/h4-6H,1-3H3. The lowest BCUT2D eigenvalue weighted by molar-refractivity contribution is 0.802. The molecule has 0 aliphatic carbocycles. The van der Waals surface area contributed by atoms with Crippen molar-refractivity contribution in [3.05, 3.63) is 24.0 Å². The van der Waals surface area contributed by atoms with Gasteiger partial charge < -0.3 is 0 Å². The van der Waals surface area contributed by atoms with Crippen LogP contribution in [0.2, 0.25) is 0 Å². The summed E-state index contributed by atoms with van der Waals surface area (Å²) in [5.74, 6) is 0. The number of pyridine rings is 1. The first-order valence-electron chi connectivity index (χ1n) is 4.06. The minimum atomic E-state index is 0.175. The lowest BCUT2D eigenvalue weighted by Gasteiger charge is -2.17. The van der Waals surface area contributed by atoms with Crippen LogP contribution in [0.5, 0.6) is 0 Å². The molecular weight excluding hydrogens is 180 g/mol. The average Bonchev–Trinajstić information content (AvgIpc) is 2.01. The van der Waals surface area contributed by atoms with Gasteiger partial charge in [0.1, 0.15) is 11.8 Å². The number of hydrogen-bond donors (Lipinski definition) is 0. The van der Waals surface area contributed by atoms with Crippen molar-refractivity contribution in [1.29, 1.82) is 5.26 Å². The van der Waals surface area contributed by atoms with E-state index >= 15 is 0 Å². The topological polar surface area (TPSA) is 36.7 Å². The molecule has 0 atom stereocenters. The summed E-state index contributed by atoms with van der Waals surface area (Å²) in [6, 6.07) is 5.77. The van der Waals surface area contributed by atoms with Crippen LogP contribution in [-0.2, 0) is 0 Å². The molecule has 3 heteroatoms. The Labute approximate surface area is 83.0 Å². The fourth-order valence-corrected chi connectivity index (χ4v) is 1.90. The fourth-order valence-electron chi connectivity index (χ4n) is 0.889. The molecule has 0 aliphatic heterocycles. The van der Waals surface area contributed by atoms with Gasteiger partial charge in [0.15, 0.2) is 0 Å². The van der Waals surface area contributed by atoms with Gasteiger partial charge in [-0.05, 0) is 12.1 Å². The summed E-state index contributed by atoms with van der Waals surface area (Å²) < 4.78 is 0.175. The van der Waals surface area contributed by atoms with Gasteiger partial charge in [0.25, 0.3) is 0 Å². The van der Waals surface area contributed by atoms with Crippen molar-refractivity contribution in [2.45, 2.75) is 30.4 Å². The maximum absolute atomic E-state index is 8.64. The summed E-state index contributed by atoms with van der Waals surface area (Å²) in [4.78, 5) is 5.01. The summed E-state index contributed by atoms with van der Waals surface area (Å²) in [5, 5.41) is 8.64. The van der Waals surface area contributed by atoms with Crippen molar-refractivity contribution < 1.29 is 0 Å². The summed E-state index contributed by atoms with van der Waals surface area (Å²) >= 11 is 1.74. The van der Waals surface area contributed by atoms with Crippen LogP contribution in [0.15, 0.2) is 23.2 Å². The number of aromatic nitrogens is 1. The molecule has 0 fully saturated rings. The molecule has 13 heavy (non-hydrogen) atoms. The Kier molecular flexibility index (Phi) is 2.94. The quantitative estimate of drug-likeness (QED) is 0.642. The molecule has 0 saturated carbocycles. The van der Waals surface area contributed by atoms with E-state index in [1.807, 2.05) is 18.2 Å². The molecule has 0 aromatic carbocycles. The van der Waals surface area contributed by atoms with Gasteiger partial charge in [-0.25, -0.2) is 4.98 Å². The van der Waals surface area contributed by atoms with Crippen LogP contribution in [0, 0.1) is 11.3 Å². The SMILES string of the molecule is CC(C)(C)Sc1ccnc(C#N)c1. The van der Waals surface area contributed by atoms with Crippen LogP contribution in [-0.4, -0.2) is 9.73 Å². The third kappa shape index (κ3) is 3.47. The van der Waals surface area contributed by atoms with E-state index in [0.29, 0.717) is 5.69 Å². The van der Waals surface area contributed by atoms with E-state index in [1.165, 1.54) is 0 Å². The Balaban J connectivity index is 2.86. The molecule has 68 valence electrons. The average molecular weight is 192 g/mol. The smallest absolute Gasteiger partial charge is 0.141 e. The minimum absolute atomic E-state index is 0.175. The Bertz CT molecular complexity index is 334. The van der Waals surface area contributed by atoms with Crippen molar-refractivity contribution in [2.75, 3.05) is 0 Å². The Morgan fingerprint density at radius 1 is 1.46 bits per heavy atom. The van der Waals surface area contributed by atoms with E-state index in [9.17, 15) is 0 Å². The van der Waals surface area contributed by atoms with Gasteiger partial charge in [-0.15, -0.1) is 11.8 Å². The highest BCUT2D eigenvalue weighted by Crippen LogP contribution is 2.31. The molecule has 0 radical (unpaired) electrons. The largest absolute Gasteiger partial charge is 0.245 e. The summed E-state index contributed by atoms with van der Waals surface area (Å²) in [5.41, 5.74) is 0.481. The number of hydrogen-bond acceptors (Lipinski definition) is 3. The van der Waals surface area contributed by atoms with Crippen LogP contribution in [0.3, 0.4) is 0 Å². The van der Waals surface area contributed by atoms with Crippen molar-refractivity contribution >= 4 is 11.8 Å². The second-order valence-corrected chi connectivity index (χ2v) is 5.60. The molecule has 0 bridgehead atoms. The highest BCUT2D eigenvalue weighted by atomic mass is 32.2. The normalized spacial score (nSPS) is 10.9. The van der Waals surface area contributed by atoms with Gasteiger partial charge >= 0.3 is 0 Å². The van der Waals surface area contributed by atoms with Crippen molar-refractivity contribution in [3.8, 4) is 6.07 Å². The molecule has 0 saturated heterocycles.